The Balaban J connectivity index is 1.69. The molecule has 1 fully saturated rings. The predicted octanol–water partition coefficient (Wildman–Crippen LogP) is 2.86. The summed E-state index contributed by atoms with van der Waals surface area (Å²) < 4.78 is 10.5. The third kappa shape index (κ3) is 3.67. The zero-order chi connectivity index (χ0) is 17.1. The van der Waals surface area contributed by atoms with Gasteiger partial charge in [0.1, 0.15) is 11.5 Å². The van der Waals surface area contributed by atoms with Crippen LogP contribution in [0.3, 0.4) is 0 Å². The third-order valence-corrected chi connectivity index (χ3v) is 4.33. The monoisotopic (exact) mass is 330 g/mol. The molecule has 0 saturated heterocycles. The van der Waals surface area contributed by atoms with E-state index in [0.717, 1.165) is 5.56 Å². The van der Waals surface area contributed by atoms with Crippen molar-refractivity contribution in [3.63, 3.8) is 0 Å². The second-order valence-electron chi connectivity index (χ2n) is 6.14. The Morgan fingerprint density at radius 2 is 2.17 bits per heavy atom. The minimum Gasteiger partial charge on any atom is -0.497 e. The second kappa shape index (κ2) is 6.90. The fourth-order valence-corrected chi connectivity index (χ4v) is 2.73. The highest BCUT2D eigenvalue weighted by Gasteiger charge is 2.29. The number of H-pyrrole nitrogens is 1. The van der Waals surface area contributed by atoms with E-state index in [-0.39, 0.29) is 11.9 Å². The first-order valence-electron chi connectivity index (χ1n) is 8.05. The Bertz CT molecular complexity index is 724. The van der Waals surface area contributed by atoms with Crippen LogP contribution in [0.4, 0.5) is 5.95 Å². The molecule has 1 atom stereocenters. The van der Waals surface area contributed by atoms with Gasteiger partial charge in [-0.2, -0.15) is 4.98 Å². The molecule has 1 aromatic carbocycles. The van der Waals surface area contributed by atoms with Gasteiger partial charge in [0.2, 0.25) is 11.9 Å². The summed E-state index contributed by atoms with van der Waals surface area (Å²) in [5.41, 5.74) is 0.748. The molecule has 7 heteroatoms. The average Bonchev–Trinajstić information content (AvgIpc) is 3.34. The quantitative estimate of drug-likeness (QED) is 0.815. The van der Waals surface area contributed by atoms with Crippen LogP contribution in [0, 0.1) is 11.8 Å². The summed E-state index contributed by atoms with van der Waals surface area (Å²) in [6, 6.07) is 5.42. The molecule has 3 rings (SSSR count). The van der Waals surface area contributed by atoms with Crippen molar-refractivity contribution in [1.82, 2.24) is 15.2 Å². The molecular formula is C17H22N4O3. The fourth-order valence-electron chi connectivity index (χ4n) is 2.73. The van der Waals surface area contributed by atoms with Crippen molar-refractivity contribution in [2.45, 2.75) is 26.2 Å². The van der Waals surface area contributed by atoms with Gasteiger partial charge in [0.25, 0.3) is 0 Å². The largest absolute Gasteiger partial charge is 0.497 e. The van der Waals surface area contributed by atoms with Gasteiger partial charge in [-0.05, 0) is 36.8 Å². The number of ether oxygens (including phenoxy) is 2. The Hall–Kier alpha value is -2.57. The number of nitrogens with zero attached hydrogens (tertiary/aromatic N) is 2. The van der Waals surface area contributed by atoms with Crippen molar-refractivity contribution < 1.29 is 14.3 Å². The zero-order valence-electron chi connectivity index (χ0n) is 14.1. The van der Waals surface area contributed by atoms with Crippen LogP contribution in [0.15, 0.2) is 18.2 Å². The van der Waals surface area contributed by atoms with Crippen molar-refractivity contribution in [2.24, 2.45) is 11.8 Å². The second-order valence-corrected chi connectivity index (χ2v) is 6.14. The lowest BCUT2D eigenvalue weighted by Gasteiger charge is -2.08. The molecule has 0 bridgehead atoms. The van der Waals surface area contributed by atoms with Crippen LogP contribution in [0.1, 0.15) is 26.2 Å². The molecule has 1 amide bonds. The first-order chi connectivity index (χ1) is 11.6. The van der Waals surface area contributed by atoms with Crippen LogP contribution >= 0.6 is 0 Å². The summed E-state index contributed by atoms with van der Waals surface area (Å²) in [4.78, 5) is 16.4. The summed E-state index contributed by atoms with van der Waals surface area (Å²) in [5.74, 6) is 3.16. The molecule has 7 nitrogen and oxygen atoms in total. The van der Waals surface area contributed by atoms with E-state index in [2.05, 4.69) is 27.4 Å². The van der Waals surface area contributed by atoms with Gasteiger partial charge >= 0.3 is 0 Å². The first kappa shape index (κ1) is 16.3. The van der Waals surface area contributed by atoms with E-state index in [1.54, 1.807) is 20.3 Å². The summed E-state index contributed by atoms with van der Waals surface area (Å²) >= 11 is 0. The molecule has 2 aromatic rings. The fraction of sp³-hybridized carbons (Fsp3) is 0.471. The number of nitrogens with one attached hydrogen (secondary N) is 2. The van der Waals surface area contributed by atoms with E-state index in [4.69, 9.17) is 9.47 Å². The van der Waals surface area contributed by atoms with Crippen molar-refractivity contribution in [1.29, 1.82) is 0 Å². The molecule has 24 heavy (non-hydrogen) atoms. The summed E-state index contributed by atoms with van der Waals surface area (Å²) in [6.45, 7) is 2.11. The third-order valence-electron chi connectivity index (χ3n) is 4.33. The number of benzene rings is 1. The van der Waals surface area contributed by atoms with Gasteiger partial charge in [-0.15, -0.1) is 5.10 Å². The molecule has 1 aliphatic carbocycles. The van der Waals surface area contributed by atoms with Crippen molar-refractivity contribution in [3.05, 3.63) is 18.2 Å². The highest BCUT2D eigenvalue weighted by Crippen LogP contribution is 2.38. The van der Waals surface area contributed by atoms with Crippen molar-refractivity contribution in [3.8, 4) is 22.9 Å². The molecule has 0 spiro atoms. The molecule has 1 saturated carbocycles. The van der Waals surface area contributed by atoms with Gasteiger partial charge in [0, 0.05) is 12.5 Å². The molecule has 1 heterocycles. The van der Waals surface area contributed by atoms with Gasteiger partial charge in [-0.1, -0.05) is 6.92 Å². The maximum Gasteiger partial charge on any atom is 0.249 e. The Labute approximate surface area is 140 Å². The topological polar surface area (TPSA) is 89.1 Å². The Morgan fingerprint density at radius 1 is 1.38 bits per heavy atom. The van der Waals surface area contributed by atoms with E-state index in [9.17, 15) is 4.79 Å². The molecule has 1 aliphatic rings. The number of amides is 1. The van der Waals surface area contributed by atoms with Gasteiger partial charge in [0.15, 0.2) is 5.82 Å². The van der Waals surface area contributed by atoms with E-state index < -0.39 is 0 Å². The van der Waals surface area contributed by atoms with Crippen LogP contribution in [0.5, 0.6) is 11.5 Å². The van der Waals surface area contributed by atoms with Gasteiger partial charge < -0.3 is 9.47 Å². The van der Waals surface area contributed by atoms with Crippen molar-refractivity contribution >= 4 is 11.9 Å². The Morgan fingerprint density at radius 3 is 2.83 bits per heavy atom. The van der Waals surface area contributed by atoms with E-state index in [1.807, 2.05) is 12.1 Å². The smallest absolute Gasteiger partial charge is 0.249 e. The summed E-state index contributed by atoms with van der Waals surface area (Å²) in [6.07, 6.45) is 2.97. The lowest BCUT2D eigenvalue weighted by molar-refractivity contribution is -0.117. The standard InChI is InChI=1S/C17H22N4O3/c1-10(11-4-5-11)8-15(22)18-17-19-16(20-21-17)13-7-6-12(23-2)9-14(13)24-3/h6-7,9-11H,4-5,8H2,1-3H3,(H2,18,19,20,21,22)/t10-/m1/s1. The number of carbonyl (C=O) groups is 1. The number of aromatic nitrogens is 3. The molecule has 1 aromatic heterocycles. The van der Waals surface area contributed by atoms with Crippen molar-refractivity contribution in [2.75, 3.05) is 19.5 Å². The SMILES string of the molecule is COc1ccc(-c2nc(NC(=O)C[C@@H](C)C3CC3)n[nH]2)c(OC)c1. The zero-order valence-corrected chi connectivity index (χ0v) is 14.1. The van der Waals surface area contributed by atoms with Gasteiger partial charge in [-0.25, -0.2) is 0 Å². The summed E-state index contributed by atoms with van der Waals surface area (Å²) in [5, 5.41) is 9.64. The van der Waals surface area contributed by atoms with Crippen LogP contribution in [0.25, 0.3) is 11.4 Å². The molecule has 2 N–H and O–H groups in total. The Kier molecular flexibility index (Phi) is 4.69. The van der Waals surface area contributed by atoms with E-state index in [0.29, 0.717) is 35.6 Å². The molecule has 0 unspecified atom stereocenters. The summed E-state index contributed by atoms with van der Waals surface area (Å²) in [7, 11) is 3.18. The lowest BCUT2D eigenvalue weighted by atomic mass is 10.0. The number of methoxy groups -OCH3 is 2. The maximum absolute atomic E-state index is 12.1. The van der Waals surface area contributed by atoms with E-state index >= 15 is 0 Å². The number of anilines is 1. The minimum absolute atomic E-state index is 0.0540. The average molecular weight is 330 g/mol. The van der Waals surface area contributed by atoms with Crippen LogP contribution in [-0.4, -0.2) is 35.3 Å². The molecular weight excluding hydrogens is 308 g/mol. The number of rotatable bonds is 7. The number of carbonyl (C=O) groups excluding carboxylic acids is 1. The van der Waals surface area contributed by atoms with Gasteiger partial charge in [0.05, 0.1) is 19.8 Å². The normalized spacial score (nSPS) is 15.0. The molecule has 0 aliphatic heterocycles. The molecule has 128 valence electrons. The number of hydrogen-bond donors (Lipinski definition) is 2. The predicted molar refractivity (Wildman–Crippen MR) is 90.1 cm³/mol. The number of aromatic amines is 1. The van der Waals surface area contributed by atoms with Gasteiger partial charge in [-0.3, -0.25) is 15.2 Å². The first-order valence-corrected chi connectivity index (χ1v) is 8.05. The van der Waals surface area contributed by atoms with Crippen LogP contribution in [0.2, 0.25) is 0 Å². The molecule has 0 radical (unpaired) electrons. The van der Waals surface area contributed by atoms with Crippen LogP contribution in [-0.2, 0) is 4.79 Å². The minimum atomic E-state index is -0.0540. The van der Waals surface area contributed by atoms with Crippen LogP contribution < -0.4 is 14.8 Å². The number of hydrogen-bond acceptors (Lipinski definition) is 5. The van der Waals surface area contributed by atoms with E-state index in [1.165, 1.54) is 12.8 Å². The lowest BCUT2D eigenvalue weighted by Crippen LogP contribution is -2.16. The highest BCUT2D eigenvalue weighted by atomic mass is 16.5. The highest BCUT2D eigenvalue weighted by molar-refractivity contribution is 5.89. The maximum atomic E-state index is 12.1.